The molecule has 5 aromatic rings. The molecule has 1 atom stereocenters. The Balaban J connectivity index is 1.63. The molecule has 1 aromatic carbocycles. The van der Waals surface area contributed by atoms with Crippen LogP contribution in [0, 0.1) is 25.2 Å². The number of nitrogens with zero attached hydrogens (tertiary/aromatic N) is 8. The van der Waals surface area contributed by atoms with Crippen molar-refractivity contribution in [2.45, 2.75) is 20.0 Å². The molecule has 0 saturated carbocycles. The molecule has 0 saturated heterocycles. The van der Waals surface area contributed by atoms with Crippen molar-refractivity contribution in [3.8, 4) is 11.8 Å². The number of benzene rings is 1. The van der Waals surface area contributed by atoms with Crippen LogP contribution in [0.25, 0.3) is 16.6 Å². The second-order valence-electron chi connectivity index (χ2n) is 8.10. The molecule has 0 spiro atoms. The van der Waals surface area contributed by atoms with E-state index in [1.165, 1.54) is 23.1 Å². The SMILES string of the molecule is Cc1cc(Nc2nccc3nn(-c4c(Cl)cc(C#N)c(C(O)c5cc(N)ncn5)c4Cl)cc23)nc(C)n1. The predicted octanol–water partition coefficient (Wildman–Crippen LogP) is 4.20. The summed E-state index contributed by atoms with van der Waals surface area (Å²) in [4.78, 5) is 21.0. The van der Waals surface area contributed by atoms with Gasteiger partial charge in [-0.2, -0.15) is 10.4 Å². The summed E-state index contributed by atoms with van der Waals surface area (Å²) in [6.45, 7) is 3.68. The van der Waals surface area contributed by atoms with Crippen LogP contribution in [-0.2, 0) is 0 Å². The van der Waals surface area contributed by atoms with Gasteiger partial charge in [-0.05, 0) is 26.0 Å². The van der Waals surface area contributed by atoms with Crippen LogP contribution < -0.4 is 11.1 Å². The fraction of sp³-hybridized carbons (Fsp3) is 0.125. The Hall–Kier alpha value is -4.37. The van der Waals surface area contributed by atoms with Crippen LogP contribution in [0.5, 0.6) is 0 Å². The van der Waals surface area contributed by atoms with Gasteiger partial charge in [-0.3, -0.25) is 0 Å². The lowest BCUT2D eigenvalue weighted by Crippen LogP contribution is -2.10. The van der Waals surface area contributed by atoms with E-state index in [-0.39, 0.29) is 38.4 Å². The van der Waals surface area contributed by atoms with Crippen LogP contribution in [0.1, 0.15) is 34.4 Å². The first-order valence-electron chi connectivity index (χ1n) is 10.9. The Labute approximate surface area is 220 Å². The molecule has 0 aliphatic rings. The van der Waals surface area contributed by atoms with E-state index in [1.807, 2.05) is 13.0 Å². The van der Waals surface area contributed by atoms with E-state index < -0.39 is 6.10 Å². The van der Waals surface area contributed by atoms with E-state index in [4.69, 9.17) is 28.9 Å². The van der Waals surface area contributed by atoms with Crippen molar-refractivity contribution in [1.29, 1.82) is 5.26 Å². The van der Waals surface area contributed by atoms with Crippen LogP contribution >= 0.6 is 23.2 Å². The molecule has 0 radical (unpaired) electrons. The third kappa shape index (κ3) is 4.61. The number of pyridine rings is 1. The highest BCUT2D eigenvalue weighted by Crippen LogP contribution is 2.39. The summed E-state index contributed by atoms with van der Waals surface area (Å²) in [5.74, 6) is 1.88. The van der Waals surface area contributed by atoms with Gasteiger partial charge in [-0.25, -0.2) is 29.6 Å². The minimum Gasteiger partial charge on any atom is -0.384 e. The molecule has 4 heterocycles. The van der Waals surface area contributed by atoms with Gasteiger partial charge in [0.2, 0.25) is 0 Å². The van der Waals surface area contributed by atoms with Gasteiger partial charge >= 0.3 is 0 Å². The van der Waals surface area contributed by atoms with Crippen molar-refractivity contribution < 1.29 is 5.11 Å². The maximum atomic E-state index is 11.1. The molecule has 13 heteroatoms. The fourth-order valence-corrected chi connectivity index (χ4v) is 4.67. The van der Waals surface area contributed by atoms with Crippen LogP contribution in [0.3, 0.4) is 0 Å². The zero-order chi connectivity index (χ0) is 26.3. The van der Waals surface area contributed by atoms with E-state index in [0.29, 0.717) is 28.4 Å². The Kier molecular flexibility index (Phi) is 6.31. The maximum Gasteiger partial charge on any atom is 0.142 e. The summed E-state index contributed by atoms with van der Waals surface area (Å²) in [5.41, 5.74) is 7.80. The molecule has 11 nitrogen and oxygen atoms in total. The first kappa shape index (κ1) is 24.3. The van der Waals surface area contributed by atoms with Crippen molar-refractivity contribution in [1.82, 2.24) is 34.7 Å². The highest BCUT2D eigenvalue weighted by molar-refractivity contribution is 6.38. The predicted molar refractivity (Wildman–Crippen MR) is 139 cm³/mol. The number of anilines is 3. The van der Waals surface area contributed by atoms with Crippen LogP contribution in [0.4, 0.5) is 17.5 Å². The number of hydrogen-bond donors (Lipinski definition) is 3. The summed E-state index contributed by atoms with van der Waals surface area (Å²) in [6, 6.07) is 8.39. The largest absolute Gasteiger partial charge is 0.384 e. The molecule has 0 amide bonds. The third-order valence-electron chi connectivity index (χ3n) is 5.49. The number of halogens is 2. The van der Waals surface area contributed by atoms with Crippen LogP contribution in [-0.4, -0.2) is 39.8 Å². The van der Waals surface area contributed by atoms with Gasteiger partial charge in [0, 0.05) is 35.8 Å². The number of fused-ring (bicyclic) bond motifs is 1. The first-order valence-corrected chi connectivity index (χ1v) is 11.6. The Bertz CT molecular complexity index is 1690. The van der Waals surface area contributed by atoms with Crippen molar-refractivity contribution >= 4 is 51.6 Å². The van der Waals surface area contributed by atoms with E-state index >= 15 is 0 Å². The number of aliphatic hydroxyl groups excluding tert-OH is 1. The van der Waals surface area contributed by atoms with Gasteiger partial charge in [0.15, 0.2) is 0 Å². The Morgan fingerprint density at radius 1 is 1.14 bits per heavy atom. The number of rotatable bonds is 5. The second kappa shape index (κ2) is 9.59. The Morgan fingerprint density at radius 2 is 1.95 bits per heavy atom. The number of aromatic nitrogens is 7. The third-order valence-corrected chi connectivity index (χ3v) is 6.16. The number of nitrogens with one attached hydrogen (secondary N) is 1. The molecule has 0 fully saturated rings. The topological polar surface area (TPSA) is 164 Å². The molecule has 184 valence electrons. The van der Waals surface area contributed by atoms with Gasteiger partial charge in [0.1, 0.15) is 41.4 Å². The number of aryl methyl sites for hydroxylation is 2. The molecule has 37 heavy (non-hydrogen) atoms. The summed E-state index contributed by atoms with van der Waals surface area (Å²) in [7, 11) is 0. The van der Waals surface area contributed by atoms with E-state index in [1.54, 1.807) is 31.5 Å². The maximum absolute atomic E-state index is 11.1. The normalized spacial score (nSPS) is 11.9. The summed E-state index contributed by atoms with van der Waals surface area (Å²) in [5, 5.41) is 29.5. The van der Waals surface area contributed by atoms with Crippen LogP contribution in [0.2, 0.25) is 10.0 Å². The summed E-state index contributed by atoms with van der Waals surface area (Å²) >= 11 is 13.3. The fourth-order valence-electron chi connectivity index (χ4n) is 3.94. The number of aliphatic hydroxyl groups is 1. The average molecular weight is 533 g/mol. The number of nitrogen functional groups attached to an aromatic ring is 1. The van der Waals surface area contributed by atoms with E-state index in [0.717, 1.165) is 5.69 Å². The lowest BCUT2D eigenvalue weighted by molar-refractivity contribution is 0.215. The molecule has 4 N–H and O–H groups in total. The van der Waals surface area contributed by atoms with Gasteiger partial charge in [-0.15, -0.1) is 0 Å². The van der Waals surface area contributed by atoms with Gasteiger partial charge in [0.25, 0.3) is 0 Å². The molecule has 1 unspecified atom stereocenters. The van der Waals surface area contributed by atoms with E-state index in [2.05, 4.69) is 35.3 Å². The highest BCUT2D eigenvalue weighted by Gasteiger charge is 2.26. The smallest absolute Gasteiger partial charge is 0.142 e. The van der Waals surface area contributed by atoms with Gasteiger partial charge in [-0.1, -0.05) is 23.2 Å². The van der Waals surface area contributed by atoms with Crippen molar-refractivity contribution in [2.24, 2.45) is 0 Å². The van der Waals surface area contributed by atoms with Gasteiger partial charge in [0.05, 0.1) is 38.3 Å². The molecule has 0 aliphatic heterocycles. The minimum atomic E-state index is -1.36. The Morgan fingerprint density at radius 3 is 2.68 bits per heavy atom. The zero-order valence-electron chi connectivity index (χ0n) is 19.5. The first-order chi connectivity index (χ1) is 17.7. The van der Waals surface area contributed by atoms with E-state index in [9.17, 15) is 10.4 Å². The van der Waals surface area contributed by atoms with Crippen molar-refractivity contribution in [2.75, 3.05) is 11.1 Å². The molecule has 0 bridgehead atoms. The molecule has 5 rings (SSSR count). The molecule has 0 aliphatic carbocycles. The molecule has 4 aromatic heterocycles. The quantitative estimate of drug-likeness (QED) is 0.298. The molecular formula is C24H18Cl2N10O. The number of hydrogen-bond acceptors (Lipinski definition) is 10. The number of nitriles is 1. The van der Waals surface area contributed by atoms with Crippen LogP contribution in [0.15, 0.2) is 43.0 Å². The summed E-state index contributed by atoms with van der Waals surface area (Å²) < 4.78 is 1.48. The molecular weight excluding hydrogens is 515 g/mol. The number of nitrogens with two attached hydrogens (primary N) is 1. The monoisotopic (exact) mass is 532 g/mol. The standard InChI is InChI=1S/C24H18Cl2N10O/c1-11-5-19(33-12(2)32-11)34-24-14-9-36(35-16(14)3-4-29-24)22-15(25)6-13(8-27)20(21(22)26)23(37)17-7-18(28)31-10-30-17/h3-7,9-10,23,37H,1-2H3,(H2,28,30,31)(H,29,32,33,34). The lowest BCUT2D eigenvalue weighted by atomic mass is 9.99. The lowest BCUT2D eigenvalue weighted by Gasteiger charge is -2.18. The summed E-state index contributed by atoms with van der Waals surface area (Å²) in [6.07, 6.45) is 3.16. The van der Waals surface area contributed by atoms with Crippen molar-refractivity contribution in [3.05, 3.63) is 81.4 Å². The minimum absolute atomic E-state index is 0.0334. The van der Waals surface area contributed by atoms with Crippen molar-refractivity contribution in [3.63, 3.8) is 0 Å². The zero-order valence-corrected chi connectivity index (χ0v) is 21.0. The van der Waals surface area contributed by atoms with Gasteiger partial charge < -0.3 is 16.2 Å². The second-order valence-corrected chi connectivity index (χ2v) is 8.88. The highest BCUT2D eigenvalue weighted by atomic mass is 35.5. The average Bonchev–Trinajstić information content (AvgIpc) is 3.27.